The molecule has 2 bridgehead atoms. The molecule has 3 heterocycles. The monoisotopic (exact) mass is 333 g/mol. The molecule has 3 rings (SSSR count). The van der Waals surface area contributed by atoms with Crippen LogP contribution in [0.3, 0.4) is 0 Å². The largest absolute Gasteiger partial charge is 0.444 e. The minimum Gasteiger partial charge on any atom is -0.444 e. The third kappa shape index (κ3) is 3.29. The van der Waals surface area contributed by atoms with E-state index in [1.165, 1.54) is 12.3 Å². The van der Waals surface area contributed by atoms with E-state index in [9.17, 15) is 14.4 Å². The molecule has 7 nitrogen and oxygen atoms in total. The molecule has 130 valence electrons. The molecule has 7 heteroatoms. The van der Waals surface area contributed by atoms with Crippen molar-refractivity contribution in [3.05, 3.63) is 34.2 Å². The lowest BCUT2D eigenvalue weighted by Gasteiger charge is -2.41. The summed E-state index contributed by atoms with van der Waals surface area (Å²) in [7, 11) is 0. The van der Waals surface area contributed by atoms with Crippen LogP contribution in [0, 0.1) is 0 Å². The van der Waals surface area contributed by atoms with Gasteiger partial charge in [-0.25, -0.2) is 4.79 Å². The number of nitrogens with zero attached hydrogens (tertiary/aromatic N) is 2. The quantitative estimate of drug-likeness (QED) is 0.846. The molecule has 0 radical (unpaired) electrons. The highest BCUT2D eigenvalue weighted by molar-refractivity contribution is 5.94. The summed E-state index contributed by atoms with van der Waals surface area (Å²) in [6, 6.07) is 2.89. The van der Waals surface area contributed by atoms with E-state index in [4.69, 9.17) is 4.74 Å². The standard InChI is InChI=1S/C17H23N3O4/c1-17(2,3)24-16(23)19-9-12-5-6-13(10-19)20(12)15(22)11-4-7-14(21)18-8-11/h4,7-8,12-13H,5-6,9-10H2,1-3H3,(H,18,21). The Kier molecular flexibility index (Phi) is 4.11. The van der Waals surface area contributed by atoms with Crippen molar-refractivity contribution in [2.24, 2.45) is 0 Å². The number of fused-ring (bicyclic) bond motifs is 2. The summed E-state index contributed by atoms with van der Waals surface area (Å²) >= 11 is 0. The number of H-pyrrole nitrogens is 1. The van der Waals surface area contributed by atoms with Gasteiger partial charge in [0.1, 0.15) is 5.60 Å². The Morgan fingerprint density at radius 3 is 2.29 bits per heavy atom. The van der Waals surface area contributed by atoms with Crippen molar-refractivity contribution in [1.29, 1.82) is 0 Å². The molecule has 1 aromatic heterocycles. The van der Waals surface area contributed by atoms with Gasteiger partial charge in [-0.2, -0.15) is 0 Å². The number of carbonyl (C=O) groups is 2. The average molecular weight is 333 g/mol. The number of aromatic nitrogens is 1. The zero-order chi connectivity index (χ0) is 17.5. The SMILES string of the molecule is CC(C)(C)OC(=O)N1CC2CCC(C1)N2C(=O)c1ccc(=O)[nH]c1. The molecule has 0 aliphatic carbocycles. The maximum Gasteiger partial charge on any atom is 0.410 e. The van der Waals surface area contributed by atoms with E-state index in [1.807, 2.05) is 25.7 Å². The summed E-state index contributed by atoms with van der Waals surface area (Å²) in [5, 5.41) is 0. The molecule has 2 unspecified atom stereocenters. The lowest BCUT2D eigenvalue weighted by molar-refractivity contribution is 0.00239. The van der Waals surface area contributed by atoms with E-state index < -0.39 is 5.60 Å². The summed E-state index contributed by atoms with van der Waals surface area (Å²) in [5.74, 6) is -0.0948. The van der Waals surface area contributed by atoms with Crippen LogP contribution < -0.4 is 5.56 Å². The highest BCUT2D eigenvalue weighted by Crippen LogP contribution is 2.32. The first-order valence-electron chi connectivity index (χ1n) is 8.24. The van der Waals surface area contributed by atoms with Crippen LogP contribution in [0.5, 0.6) is 0 Å². The Bertz CT molecular complexity index is 672. The Balaban J connectivity index is 1.72. The summed E-state index contributed by atoms with van der Waals surface area (Å²) in [4.78, 5) is 42.3. The second kappa shape index (κ2) is 5.96. The van der Waals surface area contributed by atoms with Gasteiger partial charge in [0, 0.05) is 25.4 Å². The maximum absolute atomic E-state index is 12.7. The topological polar surface area (TPSA) is 82.7 Å². The molecule has 0 aromatic carbocycles. The number of likely N-dealkylation sites (tertiary alicyclic amines) is 1. The van der Waals surface area contributed by atoms with Gasteiger partial charge in [-0.3, -0.25) is 9.59 Å². The van der Waals surface area contributed by atoms with E-state index >= 15 is 0 Å². The smallest absolute Gasteiger partial charge is 0.410 e. The van der Waals surface area contributed by atoms with Gasteiger partial charge in [-0.1, -0.05) is 0 Å². The van der Waals surface area contributed by atoms with Crippen molar-refractivity contribution in [1.82, 2.24) is 14.8 Å². The fraction of sp³-hybridized carbons (Fsp3) is 0.588. The lowest BCUT2D eigenvalue weighted by Crippen LogP contribution is -2.57. The summed E-state index contributed by atoms with van der Waals surface area (Å²) in [6.07, 6.45) is 2.87. The zero-order valence-electron chi connectivity index (χ0n) is 14.2. The molecule has 2 saturated heterocycles. The second-order valence-electron chi connectivity index (χ2n) is 7.42. The van der Waals surface area contributed by atoms with Crippen molar-refractivity contribution in [3.8, 4) is 0 Å². The van der Waals surface area contributed by atoms with Gasteiger partial charge in [0.2, 0.25) is 5.56 Å². The minimum absolute atomic E-state index is 0.00398. The Labute approximate surface area is 140 Å². The number of aromatic amines is 1. The number of nitrogens with one attached hydrogen (secondary N) is 1. The van der Waals surface area contributed by atoms with Crippen LogP contribution >= 0.6 is 0 Å². The summed E-state index contributed by atoms with van der Waals surface area (Å²) in [5.41, 5.74) is -0.291. The summed E-state index contributed by atoms with van der Waals surface area (Å²) in [6.45, 7) is 6.50. The first kappa shape index (κ1) is 16.5. The van der Waals surface area contributed by atoms with Crippen LogP contribution in [0.2, 0.25) is 0 Å². The third-order valence-corrected chi connectivity index (χ3v) is 4.40. The first-order valence-corrected chi connectivity index (χ1v) is 8.24. The predicted octanol–water partition coefficient (Wildman–Crippen LogP) is 1.60. The van der Waals surface area contributed by atoms with Gasteiger partial charge in [0.15, 0.2) is 0 Å². The van der Waals surface area contributed by atoms with E-state index in [0.29, 0.717) is 18.7 Å². The molecule has 24 heavy (non-hydrogen) atoms. The normalized spacial score (nSPS) is 23.3. The molecule has 2 fully saturated rings. The third-order valence-electron chi connectivity index (χ3n) is 4.40. The zero-order valence-corrected chi connectivity index (χ0v) is 14.2. The Hall–Kier alpha value is -2.31. The van der Waals surface area contributed by atoms with E-state index in [2.05, 4.69) is 4.98 Å². The van der Waals surface area contributed by atoms with Crippen LogP contribution in [0.4, 0.5) is 4.79 Å². The average Bonchev–Trinajstić information content (AvgIpc) is 2.75. The van der Waals surface area contributed by atoms with Crippen molar-refractivity contribution in [2.45, 2.75) is 51.3 Å². The van der Waals surface area contributed by atoms with Gasteiger partial charge in [0.25, 0.3) is 5.91 Å². The van der Waals surface area contributed by atoms with E-state index in [1.54, 1.807) is 11.0 Å². The van der Waals surface area contributed by atoms with Crippen molar-refractivity contribution < 1.29 is 14.3 Å². The summed E-state index contributed by atoms with van der Waals surface area (Å²) < 4.78 is 5.44. The molecular formula is C17H23N3O4. The molecular weight excluding hydrogens is 310 g/mol. The van der Waals surface area contributed by atoms with Crippen LogP contribution in [0.1, 0.15) is 44.0 Å². The van der Waals surface area contributed by atoms with Gasteiger partial charge in [0.05, 0.1) is 17.6 Å². The Morgan fingerprint density at radius 2 is 1.79 bits per heavy atom. The number of pyridine rings is 1. The molecule has 1 N–H and O–H groups in total. The number of rotatable bonds is 1. The van der Waals surface area contributed by atoms with Crippen LogP contribution in [0.15, 0.2) is 23.1 Å². The lowest BCUT2D eigenvalue weighted by atomic mass is 10.1. The maximum atomic E-state index is 12.7. The molecule has 0 spiro atoms. The predicted molar refractivity (Wildman–Crippen MR) is 87.8 cm³/mol. The molecule has 2 amide bonds. The van der Waals surface area contributed by atoms with Gasteiger partial charge in [-0.05, 0) is 39.7 Å². The Morgan fingerprint density at radius 1 is 1.17 bits per heavy atom. The van der Waals surface area contributed by atoms with E-state index in [-0.39, 0.29) is 29.6 Å². The van der Waals surface area contributed by atoms with Crippen LogP contribution in [0.25, 0.3) is 0 Å². The second-order valence-corrected chi connectivity index (χ2v) is 7.42. The van der Waals surface area contributed by atoms with Crippen LogP contribution in [-0.4, -0.2) is 57.6 Å². The van der Waals surface area contributed by atoms with Crippen molar-refractivity contribution in [3.63, 3.8) is 0 Å². The number of piperazine rings is 1. The molecule has 0 saturated carbocycles. The molecule has 2 aliphatic rings. The first-order chi connectivity index (χ1) is 11.2. The number of carbonyl (C=O) groups excluding carboxylic acids is 2. The van der Waals surface area contributed by atoms with Gasteiger partial charge < -0.3 is 19.5 Å². The van der Waals surface area contributed by atoms with Crippen molar-refractivity contribution >= 4 is 12.0 Å². The number of hydrogen-bond acceptors (Lipinski definition) is 4. The molecule has 2 aliphatic heterocycles. The van der Waals surface area contributed by atoms with E-state index in [0.717, 1.165) is 12.8 Å². The molecule has 2 atom stereocenters. The minimum atomic E-state index is -0.529. The molecule has 1 aromatic rings. The highest BCUT2D eigenvalue weighted by atomic mass is 16.6. The number of hydrogen-bond donors (Lipinski definition) is 1. The number of amides is 2. The van der Waals surface area contributed by atoms with Crippen LogP contribution in [-0.2, 0) is 4.74 Å². The fourth-order valence-electron chi connectivity index (χ4n) is 3.40. The van der Waals surface area contributed by atoms with Crippen molar-refractivity contribution in [2.75, 3.05) is 13.1 Å². The number of ether oxygens (including phenoxy) is 1. The van der Waals surface area contributed by atoms with Gasteiger partial charge in [-0.15, -0.1) is 0 Å². The fourth-order valence-corrected chi connectivity index (χ4v) is 3.40. The highest BCUT2D eigenvalue weighted by Gasteiger charge is 2.44. The van der Waals surface area contributed by atoms with Gasteiger partial charge >= 0.3 is 6.09 Å².